The fourth-order valence-electron chi connectivity index (χ4n) is 3.55. The van der Waals surface area contributed by atoms with Gasteiger partial charge in [-0.1, -0.05) is 0 Å². The maximum Gasteiger partial charge on any atom is 0.254 e. The fraction of sp³-hybridized carbons (Fsp3) is 0.316. The summed E-state index contributed by atoms with van der Waals surface area (Å²) in [6, 6.07) is 7.18. The van der Waals surface area contributed by atoms with E-state index in [4.69, 9.17) is 4.74 Å². The van der Waals surface area contributed by atoms with Crippen molar-refractivity contribution >= 4 is 29.2 Å². The normalized spacial score (nSPS) is 18.5. The third kappa shape index (κ3) is 2.84. The van der Waals surface area contributed by atoms with E-state index in [9.17, 15) is 9.59 Å². The summed E-state index contributed by atoms with van der Waals surface area (Å²) in [5, 5.41) is 9.94. The number of hydrogen-bond donors (Lipinski definition) is 2. The lowest BCUT2D eigenvalue weighted by atomic mass is 9.89. The molecule has 1 aliphatic heterocycles. The lowest BCUT2D eigenvalue weighted by Crippen LogP contribution is -2.31. The van der Waals surface area contributed by atoms with Crippen LogP contribution in [0.5, 0.6) is 5.75 Å². The van der Waals surface area contributed by atoms with Crippen LogP contribution in [0.3, 0.4) is 0 Å². The summed E-state index contributed by atoms with van der Waals surface area (Å²) >= 11 is 0. The van der Waals surface area contributed by atoms with Crippen LogP contribution in [0.1, 0.15) is 42.4 Å². The Morgan fingerprint density at radius 2 is 2.18 bits per heavy atom. The molecule has 2 aliphatic rings. The van der Waals surface area contributed by atoms with Crippen LogP contribution in [-0.2, 0) is 9.59 Å². The number of anilines is 2. The van der Waals surface area contributed by atoms with Gasteiger partial charge < -0.3 is 10.1 Å². The van der Waals surface area contributed by atoms with Gasteiger partial charge in [0, 0.05) is 24.2 Å². The maximum atomic E-state index is 12.9. The number of carbonyl (C=O) groups is 2. The second-order valence-corrected chi connectivity index (χ2v) is 7.04. The summed E-state index contributed by atoms with van der Waals surface area (Å²) in [6.07, 6.45) is 4.00. The van der Waals surface area contributed by atoms with Gasteiger partial charge in [0.2, 0.25) is 11.8 Å². The van der Waals surface area contributed by atoms with Crippen LogP contribution in [0, 0.1) is 0 Å². The van der Waals surface area contributed by atoms with Crippen molar-refractivity contribution < 1.29 is 14.3 Å². The van der Waals surface area contributed by atoms with Crippen molar-refractivity contribution in [2.24, 2.45) is 0 Å². The molecule has 0 bridgehead atoms. The summed E-state index contributed by atoms with van der Waals surface area (Å²) in [6.45, 7) is 0. The zero-order chi connectivity index (χ0) is 19.3. The Labute approximate surface area is 160 Å². The minimum atomic E-state index is -0.652. The maximum absolute atomic E-state index is 12.9. The summed E-state index contributed by atoms with van der Waals surface area (Å²) in [5.74, 6) is 0.520. The van der Waals surface area contributed by atoms with Gasteiger partial charge in [0.25, 0.3) is 11.7 Å². The molecule has 0 spiro atoms. The van der Waals surface area contributed by atoms with Crippen molar-refractivity contribution in [1.29, 1.82) is 0 Å². The zero-order valence-corrected chi connectivity index (χ0v) is 15.2. The minimum Gasteiger partial charge on any atom is -0.497 e. The van der Waals surface area contributed by atoms with Crippen molar-refractivity contribution in [1.82, 2.24) is 19.6 Å². The smallest absolute Gasteiger partial charge is 0.254 e. The van der Waals surface area contributed by atoms with Crippen LogP contribution in [0.4, 0.5) is 11.6 Å². The molecule has 1 fully saturated rings. The molecule has 5 rings (SSSR count). The molecule has 9 nitrogen and oxygen atoms in total. The molecule has 2 aromatic heterocycles. The van der Waals surface area contributed by atoms with Crippen LogP contribution in [0.25, 0.3) is 5.78 Å². The zero-order valence-electron chi connectivity index (χ0n) is 15.2. The molecule has 1 aliphatic carbocycles. The van der Waals surface area contributed by atoms with Gasteiger partial charge in [0.15, 0.2) is 0 Å². The Kier molecular flexibility index (Phi) is 3.75. The van der Waals surface area contributed by atoms with Crippen molar-refractivity contribution in [3.8, 4) is 5.75 Å². The van der Waals surface area contributed by atoms with E-state index in [-0.39, 0.29) is 24.2 Å². The van der Waals surface area contributed by atoms with Gasteiger partial charge in [-0.15, -0.1) is 5.10 Å². The van der Waals surface area contributed by atoms with E-state index in [1.807, 2.05) is 6.07 Å². The van der Waals surface area contributed by atoms with E-state index in [1.165, 1.54) is 0 Å². The molecule has 3 aromatic rings. The Morgan fingerprint density at radius 1 is 1.32 bits per heavy atom. The van der Waals surface area contributed by atoms with E-state index < -0.39 is 5.92 Å². The fourth-order valence-corrected chi connectivity index (χ4v) is 3.55. The van der Waals surface area contributed by atoms with Gasteiger partial charge in [-0.2, -0.15) is 9.50 Å². The molecule has 1 unspecified atom stereocenters. The standard InChI is InChI=1S/C19H18N6O3/c1-28-11-4-5-14-12(8-11)13(9-16(26)21-14)17(27)22-18-23-19-20-7-6-15(10-2-3-10)25(19)24-18/h4-8,10,13H,2-3,9H2,1H3,(H,21,26)(H,22,24,27). The van der Waals surface area contributed by atoms with Gasteiger partial charge in [0.05, 0.1) is 18.7 Å². The molecule has 0 saturated heterocycles. The van der Waals surface area contributed by atoms with Gasteiger partial charge in [-0.05, 0) is 42.7 Å². The number of rotatable bonds is 4. The van der Waals surface area contributed by atoms with Crippen molar-refractivity contribution in [3.63, 3.8) is 0 Å². The molecule has 0 radical (unpaired) electrons. The first-order valence-corrected chi connectivity index (χ1v) is 9.12. The predicted molar refractivity (Wildman–Crippen MR) is 100 cm³/mol. The van der Waals surface area contributed by atoms with Crippen molar-refractivity contribution in [2.75, 3.05) is 17.7 Å². The first kappa shape index (κ1) is 16.7. The number of fused-ring (bicyclic) bond motifs is 2. The summed E-state index contributed by atoms with van der Waals surface area (Å²) in [5.41, 5.74) is 2.36. The van der Waals surface area contributed by atoms with E-state index in [0.717, 1.165) is 18.5 Å². The molecule has 1 saturated carbocycles. The highest BCUT2D eigenvalue weighted by atomic mass is 16.5. The molecule has 2 amide bonds. The first-order valence-electron chi connectivity index (χ1n) is 9.12. The Bertz CT molecular complexity index is 1100. The molecule has 3 heterocycles. The Balaban J connectivity index is 1.45. The van der Waals surface area contributed by atoms with Crippen LogP contribution >= 0.6 is 0 Å². The highest BCUT2D eigenvalue weighted by molar-refractivity contribution is 6.04. The van der Waals surface area contributed by atoms with Crippen LogP contribution < -0.4 is 15.4 Å². The number of carbonyl (C=O) groups excluding carboxylic acids is 2. The summed E-state index contributed by atoms with van der Waals surface area (Å²) < 4.78 is 6.93. The van der Waals surface area contributed by atoms with E-state index in [2.05, 4.69) is 25.7 Å². The number of amides is 2. The number of benzene rings is 1. The number of nitrogens with zero attached hydrogens (tertiary/aromatic N) is 4. The molecule has 2 N–H and O–H groups in total. The lowest BCUT2D eigenvalue weighted by molar-refractivity contribution is -0.123. The van der Waals surface area contributed by atoms with Crippen molar-refractivity contribution in [2.45, 2.75) is 31.1 Å². The average Bonchev–Trinajstić information content (AvgIpc) is 3.46. The second-order valence-electron chi connectivity index (χ2n) is 7.04. The topological polar surface area (TPSA) is 111 Å². The molecular weight excluding hydrogens is 360 g/mol. The average molecular weight is 378 g/mol. The summed E-state index contributed by atoms with van der Waals surface area (Å²) in [7, 11) is 1.56. The third-order valence-corrected chi connectivity index (χ3v) is 5.11. The molecule has 1 atom stereocenters. The summed E-state index contributed by atoms with van der Waals surface area (Å²) in [4.78, 5) is 33.5. The molecule has 9 heteroatoms. The SMILES string of the molecule is COc1ccc2c(c1)C(C(=O)Nc1nc3nccc(C4CC4)n3n1)CC(=O)N2. The van der Waals surface area contributed by atoms with Gasteiger partial charge in [-0.3, -0.25) is 14.9 Å². The number of aromatic nitrogens is 4. The molecular formula is C19H18N6O3. The van der Waals surface area contributed by atoms with Gasteiger partial charge in [0.1, 0.15) is 5.75 Å². The lowest BCUT2D eigenvalue weighted by Gasteiger charge is -2.24. The molecule has 1 aromatic carbocycles. The van der Waals surface area contributed by atoms with E-state index >= 15 is 0 Å². The Morgan fingerprint density at radius 3 is 2.96 bits per heavy atom. The Hall–Kier alpha value is -3.49. The quantitative estimate of drug-likeness (QED) is 0.719. The second kappa shape index (κ2) is 6.29. The largest absolute Gasteiger partial charge is 0.497 e. The number of hydrogen-bond acceptors (Lipinski definition) is 6. The number of ether oxygens (including phenoxy) is 1. The highest BCUT2D eigenvalue weighted by Crippen LogP contribution is 2.39. The predicted octanol–water partition coefficient (Wildman–Crippen LogP) is 2.07. The molecule has 142 valence electrons. The third-order valence-electron chi connectivity index (χ3n) is 5.11. The van der Waals surface area contributed by atoms with Crippen LogP contribution in [0.15, 0.2) is 30.5 Å². The monoisotopic (exact) mass is 378 g/mol. The number of nitrogens with one attached hydrogen (secondary N) is 2. The minimum absolute atomic E-state index is 0.0466. The van der Waals surface area contributed by atoms with Crippen molar-refractivity contribution in [3.05, 3.63) is 41.7 Å². The molecule has 28 heavy (non-hydrogen) atoms. The van der Waals surface area contributed by atoms with Crippen LogP contribution in [0.2, 0.25) is 0 Å². The van der Waals surface area contributed by atoms with E-state index in [1.54, 1.807) is 36.0 Å². The van der Waals surface area contributed by atoms with Gasteiger partial charge in [-0.25, -0.2) is 4.98 Å². The van der Waals surface area contributed by atoms with Gasteiger partial charge >= 0.3 is 0 Å². The number of methoxy groups -OCH3 is 1. The van der Waals surface area contributed by atoms with Crippen LogP contribution in [-0.4, -0.2) is 38.5 Å². The highest BCUT2D eigenvalue weighted by Gasteiger charge is 2.32. The van der Waals surface area contributed by atoms with E-state index in [0.29, 0.717) is 28.7 Å². The first-order chi connectivity index (χ1) is 13.6.